The van der Waals surface area contributed by atoms with Crippen molar-refractivity contribution in [2.24, 2.45) is 17.8 Å². The highest BCUT2D eigenvalue weighted by atomic mass is 15.0. The van der Waals surface area contributed by atoms with Crippen LogP contribution < -0.4 is 5.32 Å². The molecular formula is C18H33N. The van der Waals surface area contributed by atoms with Gasteiger partial charge in [-0.25, -0.2) is 0 Å². The number of hydrogen-bond acceptors (Lipinski definition) is 1. The van der Waals surface area contributed by atoms with Gasteiger partial charge in [-0.1, -0.05) is 58.3 Å². The van der Waals surface area contributed by atoms with Gasteiger partial charge >= 0.3 is 0 Å². The molecule has 110 valence electrons. The summed E-state index contributed by atoms with van der Waals surface area (Å²) in [6.07, 6.45) is 17.9. The number of hydrogen-bond donors (Lipinski definition) is 1. The van der Waals surface area contributed by atoms with Crippen LogP contribution in [0.3, 0.4) is 0 Å². The number of nitrogens with one attached hydrogen (secondary N) is 1. The van der Waals surface area contributed by atoms with E-state index in [1.54, 1.807) is 0 Å². The van der Waals surface area contributed by atoms with Crippen molar-refractivity contribution in [1.82, 2.24) is 5.32 Å². The van der Waals surface area contributed by atoms with Crippen molar-refractivity contribution < 1.29 is 0 Å². The van der Waals surface area contributed by atoms with Gasteiger partial charge in [-0.05, 0) is 43.4 Å². The van der Waals surface area contributed by atoms with Gasteiger partial charge in [-0.3, -0.25) is 0 Å². The largest absolute Gasteiger partial charge is 0.311 e. The SMILES string of the molecule is CCCC1CC1NC1CCCCC1C1CCCCC1. The minimum atomic E-state index is 0.878. The normalized spacial score (nSPS) is 40.3. The fourth-order valence-corrected chi connectivity index (χ4v) is 4.91. The maximum Gasteiger partial charge on any atom is 0.0102 e. The zero-order valence-corrected chi connectivity index (χ0v) is 12.9. The molecule has 3 aliphatic rings. The van der Waals surface area contributed by atoms with Crippen LogP contribution in [0.15, 0.2) is 0 Å². The number of rotatable bonds is 5. The van der Waals surface area contributed by atoms with Gasteiger partial charge in [0, 0.05) is 12.1 Å². The van der Waals surface area contributed by atoms with E-state index < -0.39 is 0 Å². The van der Waals surface area contributed by atoms with Crippen LogP contribution in [0.25, 0.3) is 0 Å². The van der Waals surface area contributed by atoms with E-state index in [1.165, 1.54) is 77.0 Å². The molecule has 4 atom stereocenters. The van der Waals surface area contributed by atoms with Gasteiger partial charge < -0.3 is 5.32 Å². The van der Waals surface area contributed by atoms with E-state index in [-0.39, 0.29) is 0 Å². The first-order chi connectivity index (χ1) is 9.38. The van der Waals surface area contributed by atoms with Crippen LogP contribution in [0.4, 0.5) is 0 Å². The second-order valence-electron chi connectivity index (χ2n) is 7.51. The predicted molar refractivity (Wildman–Crippen MR) is 82.3 cm³/mol. The highest BCUT2D eigenvalue weighted by Crippen LogP contribution is 2.41. The Balaban J connectivity index is 1.52. The van der Waals surface area contributed by atoms with Crippen LogP contribution in [0.1, 0.15) is 84.0 Å². The van der Waals surface area contributed by atoms with Gasteiger partial charge in [0.2, 0.25) is 0 Å². The lowest BCUT2D eigenvalue weighted by atomic mass is 9.71. The maximum atomic E-state index is 4.08. The molecule has 0 aliphatic heterocycles. The first-order valence-corrected chi connectivity index (χ1v) is 9.14. The molecule has 19 heavy (non-hydrogen) atoms. The van der Waals surface area contributed by atoms with Crippen LogP contribution in [-0.4, -0.2) is 12.1 Å². The molecule has 1 heteroatoms. The Hall–Kier alpha value is -0.0400. The first kappa shape index (κ1) is 13.9. The molecule has 0 aromatic carbocycles. The molecule has 0 aromatic heterocycles. The smallest absolute Gasteiger partial charge is 0.0102 e. The monoisotopic (exact) mass is 263 g/mol. The second-order valence-corrected chi connectivity index (χ2v) is 7.51. The average molecular weight is 263 g/mol. The van der Waals surface area contributed by atoms with E-state index in [1.807, 2.05) is 0 Å². The van der Waals surface area contributed by atoms with Crippen molar-refractivity contribution >= 4 is 0 Å². The van der Waals surface area contributed by atoms with E-state index in [0.717, 1.165) is 29.8 Å². The van der Waals surface area contributed by atoms with Gasteiger partial charge in [-0.15, -0.1) is 0 Å². The molecule has 3 fully saturated rings. The van der Waals surface area contributed by atoms with Gasteiger partial charge in [0.1, 0.15) is 0 Å². The van der Waals surface area contributed by atoms with Crippen molar-refractivity contribution in [3.05, 3.63) is 0 Å². The highest BCUT2D eigenvalue weighted by molar-refractivity contribution is 4.97. The van der Waals surface area contributed by atoms with Crippen molar-refractivity contribution in [2.45, 2.75) is 96.1 Å². The van der Waals surface area contributed by atoms with Crippen LogP contribution in [-0.2, 0) is 0 Å². The molecule has 1 N–H and O–H groups in total. The van der Waals surface area contributed by atoms with Crippen molar-refractivity contribution in [2.75, 3.05) is 0 Å². The summed E-state index contributed by atoms with van der Waals surface area (Å²) in [6, 6.07) is 1.78. The van der Waals surface area contributed by atoms with Crippen molar-refractivity contribution in [3.8, 4) is 0 Å². The Morgan fingerprint density at radius 2 is 1.58 bits per heavy atom. The summed E-state index contributed by atoms with van der Waals surface area (Å²) in [4.78, 5) is 0. The third-order valence-corrected chi connectivity index (χ3v) is 6.08. The third-order valence-electron chi connectivity index (χ3n) is 6.08. The minimum absolute atomic E-state index is 0.878. The highest BCUT2D eigenvalue weighted by Gasteiger charge is 2.40. The lowest BCUT2D eigenvalue weighted by Gasteiger charge is -2.39. The maximum absolute atomic E-state index is 4.08. The molecule has 3 saturated carbocycles. The predicted octanol–water partition coefficient (Wildman–Crippen LogP) is 4.90. The van der Waals surface area contributed by atoms with Gasteiger partial charge in [0.05, 0.1) is 0 Å². The Morgan fingerprint density at radius 1 is 0.842 bits per heavy atom. The standard InChI is InChI=1S/C18H33N/c1-2-8-15-13-18(15)19-17-12-7-6-11-16(17)14-9-4-3-5-10-14/h14-19H,2-13H2,1H3. The third kappa shape index (κ3) is 3.54. The van der Waals surface area contributed by atoms with Crippen LogP contribution in [0.2, 0.25) is 0 Å². The molecular weight excluding hydrogens is 230 g/mol. The summed E-state index contributed by atoms with van der Waals surface area (Å²) in [5.74, 6) is 3.12. The summed E-state index contributed by atoms with van der Waals surface area (Å²) in [5, 5.41) is 4.08. The molecule has 0 radical (unpaired) electrons. The molecule has 0 heterocycles. The Kier molecular flexibility index (Phi) is 4.84. The fourth-order valence-electron chi connectivity index (χ4n) is 4.91. The molecule has 3 rings (SSSR count). The Labute approximate surface area is 119 Å². The van der Waals surface area contributed by atoms with Crippen molar-refractivity contribution in [3.63, 3.8) is 0 Å². The lowest BCUT2D eigenvalue weighted by Crippen LogP contribution is -2.43. The molecule has 4 unspecified atom stereocenters. The Bertz CT molecular complexity index is 269. The summed E-state index contributed by atoms with van der Waals surface area (Å²) in [7, 11) is 0. The molecule has 0 saturated heterocycles. The van der Waals surface area contributed by atoms with E-state index in [4.69, 9.17) is 0 Å². The quantitative estimate of drug-likeness (QED) is 0.743. The van der Waals surface area contributed by atoms with Crippen LogP contribution in [0.5, 0.6) is 0 Å². The summed E-state index contributed by atoms with van der Waals surface area (Å²) >= 11 is 0. The summed E-state index contributed by atoms with van der Waals surface area (Å²) < 4.78 is 0. The van der Waals surface area contributed by atoms with Crippen LogP contribution >= 0.6 is 0 Å². The molecule has 1 nitrogen and oxygen atoms in total. The molecule has 0 spiro atoms. The molecule has 3 aliphatic carbocycles. The van der Waals surface area contributed by atoms with Crippen LogP contribution in [0, 0.1) is 17.8 Å². The summed E-state index contributed by atoms with van der Waals surface area (Å²) in [5.41, 5.74) is 0. The van der Waals surface area contributed by atoms with Gasteiger partial charge in [-0.2, -0.15) is 0 Å². The van der Waals surface area contributed by atoms with E-state index in [0.29, 0.717) is 0 Å². The molecule has 0 amide bonds. The van der Waals surface area contributed by atoms with Crippen molar-refractivity contribution in [1.29, 1.82) is 0 Å². The minimum Gasteiger partial charge on any atom is -0.311 e. The first-order valence-electron chi connectivity index (χ1n) is 9.14. The zero-order chi connectivity index (χ0) is 13.1. The zero-order valence-electron chi connectivity index (χ0n) is 12.9. The second kappa shape index (κ2) is 6.61. The molecule has 0 bridgehead atoms. The molecule has 0 aromatic rings. The van der Waals surface area contributed by atoms with E-state index >= 15 is 0 Å². The lowest BCUT2D eigenvalue weighted by molar-refractivity contribution is 0.148. The van der Waals surface area contributed by atoms with E-state index in [2.05, 4.69) is 12.2 Å². The van der Waals surface area contributed by atoms with E-state index in [9.17, 15) is 0 Å². The van der Waals surface area contributed by atoms with Gasteiger partial charge in [0.25, 0.3) is 0 Å². The van der Waals surface area contributed by atoms with Gasteiger partial charge in [0.15, 0.2) is 0 Å². The fraction of sp³-hybridized carbons (Fsp3) is 1.00. The average Bonchev–Trinajstić information content (AvgIpc) is 3.19. The summed E-state index contributed by atoms with van der Waals surface area (Å²) in [6.45, 7) is 2.33. The topological polar surface area (TPSA) is 12.0 Å². The Morgan fingerprint density at radius 3 is 2.37 bits per heavy atom.